The number of hydrogen-bond donors (Lipinski definition) is 0. The molecule has 8 heteroatoms. The number of aryl methyl sites for hydroxylation is 1. The van der Waals surface area contributed by atoms with Crippen molar-refractivity contribution >= 4 is 23.0 Å². The van der Waals surface area contributed by atoms with Crippen LogP contribution in [0.15, 0.2) is 33.4 Å². The molecule has 0 bridgehead atoms. The molecule has 0 aromatic carbocycles. The van der Waals surface area contributed by atoms with Gasteiger partial charge in [0.25, 0.3) is 11.6 Å². The van der Waals surface area contributed by atoms with Crippen LogP contribution in [0, 0.1) is 6.92 Å². The van der Waals surface area contributed by atoms with Crippen molar-refractivity contribution in [1.82, 2.24) is 15.0 Å². The number of furan rings is 1. The number of rotatable bonds is 4. The Labute approximate surface area is 167 Å². The lowest BCUT2D eigenvalue weighted by atomic mass is 9.97. The fourth-order valence-corrected chi connectivity index (χ4v) is 4.00. The zero-order valence-corrected chi connectivity index (χ0v) is 16.7. The third kappa shape index (κ3) is 3.62. The van der Waals surface area contributed by atoms with Crippen LogP contribution in [0.5, 0.6) is 0 Å². The number of fused-ring (bicyclic) bond motifs is 1. The van der Waals surface area contributed by atoms with Gasteiger partial charge in [-0.2, -0.15) is 0 Å². The molecule has 0 radical (unpaired) electrons. The Morgan fingerprint density at radius 2 is 2.03 bits per heavy atom. The van der Waals surface area contributed by atoms with Crippen LogP contribution in [0.25, 0.3) is 22.6 Å². The van der Waals surface area contributed by atoms with E-state index in [0.29, 0.717) is 22.5 Å². The zero-order valence-electron chi connectivity index (χ0n) is 16.7. The Bertz CT molecular complexity index is 1030. The van der Waals surface area contributed by atoms with E-state index < -0.39 is 5.97 Å². The predicted octanol–water partition coefficient (Wildman–Crippen LogP) is 3.74. The summed E-state index contributed by atoms with van der Waals surface area (Å²) in [6.07, 6.45) is 4.54. The van der Waals surface area contributed by atoms with Crippen molar-refractivity contribution in [2.24, 2.45) is 0 Å². The molecular formula is C21H23N3O5. The van der Waals surface area contributed by atoms with Gasteiger partial charge >= 0.3 is 5.97 Å². The highest BCUT2D eigenvalue weighted by Crippen LogP contribution is 2.28. The molecule has 3 aromatic heterocycles. The quantitative estimate of drug-likeness (QED) is 0.618. The lowest BCUT2D eigenvalue weighted by Crippen LogP contribution is -2.49. The van der Waals surface area contributed by atoms with Gasteiger partial charge in [-0.05, 0) is 58.2 Å². The van der Waals surface area contributed by atoms with E-state index >= 15 is 0 Å². The molecule has 1 aliphatic heterocycles. The number of ether oxygens (including phenoxy) is 1. The number of aromatic nitrogens is 2. The molecule has 4 rings (SSSR count). The summed E-state index contributed by atoms with van der Waals surface area (Å²) in [5.41, 5.74) is 1.41. The molecule has 29 heavy (non-hydrogen) atoms. The van der Waals surface area contributed by atoms with Gasteiger partial charge in [0.15, 0.2) is 12.4 Å². The van der Waals surface area contributed by atoms with Crippen molar-refractivity contribution in [1.29, 1.82) is 0 Å². The summed E-state index contributed by atoms with van der Waals surface area (Å²) in [5, 5.41) is 4.37. The molecule has 152 valence electrons. The molecule has 4 heterocycles. The maximum atomic E-state index is 12.9. The molecule has 1 fully saturated rings. The van der Waals surface area contributed by atoms with Crippen molar-refractivity contribution in [2.75, 3.05) is 6.61 Å². The van der Waals surface area contributed by atoms with Crippen LogP contribution < -0.4 is 0 Å². The third-order valence-corrected chi connectivity index (χ3v) is 5.42. The molecule has 0 spiro atoms. The second-order valence-electron chi connectivity index (χ2n) is 7.49. The molecule has 0 aliphatic carbocycles. The minimum atomic E-state index is -0.623. The number of amides is 1. The Morgan fingerprint density at radius 1 is 1.28 bits per heavy atom. The van der Waals surface area contributed by atoms with Crippen LogP contribution in [0.3, 0.4) is 0 Å². The van der Waals surface area contributed by atoms with Gasteiger partial charge in [0, 0.05) is 12.1 Å². The molecule has 3 aromatic rings. The van der Waals surface area contributed by atoms with E-state index in [4.69, 9.17) is 13.7 Å². The first kappa shape index (κ1) is 19.2. The monoisotopic (exact) mass is 397 g/mol. The van der Waals surface area contributed by atoms with E-state index in [0.717, 1.165) is 19.3 Å². The summed E-state index contributed by atoms with van der Waals surface area (Å²) in [6.45, 7) is 5.46. The number of carbonyl (C=O) groups excluding carboxylic acids is 2. The van der Waals surface area contributed by atoms with Gasteiger partial charge < -0.3 is 18.6 Å². The Kier molecular flexibility index (Phi) is 5.08. The Morgan fingerprint density at radius 3 is 2.72 bits per heavy atom. The number of pyridine rings is 1. The largest absolute Gasteiger partial charge is 0.463 e. The predicted molar refractivity (Wildman–Crippen MR) is 104 cm³/mol. The van der Waals surface area contributed by atoms with E-state index in [2.05, 4.69) is 10.1 Å². The summed E-state index contributed by atoms with van der Waals surface area (Å²) in [7, 11) is 0. The molecule has 1 saturated heterocycles. The highest BCUT2D eigenvalue weighted by atomic mass is 16.5. The summed E-state index contributed by atoms with van der Waals surface area (Å²) in [4.78, 5) is 31.7. The third-order valence-electron chi connectivity index (χ3n) is 5.42. The maximum absolute atomic E-state index is 12.9. The number of hydrogen-bond acceptors (Lipinski definition) is 7. The number of likely N-dealkylation sites (tertiary alicyclic amines) is 1. The average Bonchev–Trinajstić information content (AvgIpc) is 3.36. The minimum absolute atomic E-state index is 0.142. The van der Waals surface area contributed by atoms with Gasteiger partial charge in [0.2, 0.25) is 0 Å². The average molecular weight is 397 g/mol. The lowest BCUT2D eigenvalue weighted by Gasteiger charge is -2.38. The summed E-state index contributed by atoms with van der Waals surface area (Å²) in [6, 6.07) is 5.32. The topological polar surface area (TPSA) is 98.7 Å². The fourth-order valence-electron chi connectivity index (χ4n) is 4.00. The first-order valence-electron chi connectivity index (χ1n) is 9.75. The molecule has 0 saturated carbocycles. The van der Waals surface area contributed by atoms with Crippen molar-refractivity contribution in [3.05, 3.63) is 35.7 Å². The Hall–Kier alpha value is -3.16. The maximum Gasteiger partial charge on any atom is 0.339 e. The molecule has 8 nitrogen and oxygen atoms in total. The van der Waals surface area contributed by atoms with Crippen LogP contribution in [-0.2, 0) is 9.53 Å². The molecule has 0 N–H and O–H groups in total. The molecule has 1 aliphatic rings. The van der Waals surface area contributed by atoms with Crippen LogP contribution in [0.1, 0.15) is 49.2 Å². The van der Waals surface area contributed by atoms with Gasteiger partial charge in [-0.15, -0.1) is 0 Å². The lowest BCUT2D eigenvalue weighted by molar-refractivity contribution is -0.140. The van der Waals surface area contributed by atoms with Gasteiger partial charge in [-0.25, -0.2) is 9.78 Å². The number of nitrogens with zero attached hydrogens (tertiary/aromatic N) is 3. The Balaban J connectivity index is 1.58. The summed E-state index contributed by atoms with van der Waals surface area (Å²) in [5.74, 6) is -0.319. The number of esters is 1. The van der Waals surface area contributed by atoms with Crippen molar-refractivity contribution in [2.45, 2.75) is 52.1 Å². The normalized spacial score (nSPS) is 19.5. The molecule has 1 amide bonds. The van der Waals surface area contributed by atoms with Crippen LogP contribution >= 0.6 is 0 Å². The minimum Gasteiger partial charge on any atom is -0.463 e. The van der Waals surface area contributed by atoms with E-state index in [9.17, 15) is 9.59 Å². The second-order valence-corrected chi connectivity index (χ2v) is 7.49. The number of piperidine rings is 1. The SMILES string of the molecule is Cc1noc2nc(-c3ccco3)cc(C(=O)OCC(=O)N3[C@@H](C)CCC[C@@H]3C)c12. The van der Waals surface area contributed by atoms with E-state index in [1.165, 1.54) is 6.26 Å². The van der Waals surface area contributed by atoms with Gasteiger partial charge in [-0.1, -0.05) is 5.16 Å². The van der Waals surface area contributed by atoms with Crippen LogP contribution in [-0.4, -0.2) is 45.6 Å². The highest BCUT2D eigenvalue weighted by molar-refractivity contribution is 6.04. The molecule has 0 unspecified atom stereocenters. The van der Waals surface area contributed by atoms with Crippen molar-refractivity contribution in [3.8, 4) is 11.5 Å². The standard InChI is InChI=1S/C21H23N3O5/c1-12-6-4-7-13(2)24(12)18(25)11-28-21(26)15-10-16(17-8-5-9-27-17)22-20-19(15)14(3)23-29-20/h5,8-10,12-13H,4,6-7,11H2,1-3H3/t12-,13-/m0/s1. The van der Waals surface area contributed by atoms with Crippen LogP contribution in [0.2, 0.25) is 0 Å². The van der Waals surface area contributed by atoms with E-state index in [1.807, 2.05) is 18.7 Å². The van der Waals surface area contributed by atoms with E-state index in [-0.39, 0.29) is 35.9 Å². The molecular weight excluding hydrogens is 374 g/mol. The van der Waals surface area contributed by atoms with Gasteiger partial charge in [0.05, 0.1) is 22.9 Å². The smallest absolute Gasteiger partial charge is 0.339 e. The summed E-state index contributed by atoms with van der Waals surface area (Å²) < 4.78 is 16.0. The molecule has 2 atom stereocenters. The highest BCUT2D eigenvalue weighted by Gasteiger charge is 2.30. The van der Waals surface area contributed by atoms with Gasteiger partial charge in [0.1, 0.15) is 5.69 Å². The second kappa shape index (κ2) is 7.69. The number of carbonyl (C=O) groups is 2. The zero-order chi connectivity index (χ0) is 20.5. The van der Waals surface area contributed by atoms with Gasteiger partial charge in [-0.3, -0.25) is 4.79 Å². The van der Waals surface area contributed by atoms with Crippen molar-refractivity contribution < 1.29 is 23.3 Å². The van der Waals surface area contributed by atoms with E-state index in [1.54, 1.807) is 25.1 Å². The fraction of sp³-hybridized carbons (Fsp3) is 0.429. The van der Waals surface area contributed by atoms with Crippen molar-refractivity contribution in [3.63, 3.8) is 0 Å². The van der Waals surface area contributed by atoms with Crippen LogP contribution in [0.4, 0.5) is 0 Å². The summed E-state index contributed by atoms with van der Waals surface area (Å²) >= 11 is 0. The first-order chi connectivity index (χ1) is 14.0. The first-order valence-corrected chi connectivity index (χ1v) is 9.75.